The fourth-order valence-corrected chi connectivity index (χ4v) is 2.52. The van der Waals surface area contributed by atoms with Crippen molar-refractivity contribution in [1.82, 2.24) is 4.90 Å². The molecular weight excluding hydrogens is 376 g/mol. The second-order valence-corrected chi connectivity index (χ2v) is 6.19. The normalized spacial score (nSPS) is 11.6. The first kappa shape index (κ1) is 17.9. The molecular formula is C17H17BrN2O4. The molecule has 6 nitrogen and oxygen atoms in total. The van der Waals surface area contributed by atoms with E-state index in [1.54, 1.807) is 31.3 Å². The maximum Gasteiger partial charge on any atom is 0.269 e. The zero-order chi connectivity index (χ0) is 17.7. The Morgan fingerprint density at radius 3 is 2.67 bits per heavy atom. The van der Waals surface area contributed by atoms with Gasteiger partial charge in [0.25, 0.3) is 11.6 Å². The molecule has 0 aromatic heterocycles. The Morgan fingerprint density at radius 2 is 2.00 bits per heavy atom. The number of non-ortho nitro benzene ring substituents is 1. The summed E-state index contributed by atoms with van der Waals surface area (Å²) in [5.74, 6) is 0.378. The fourth-order valence-electron chi connectivity index (χ4n) is 2.14. The maximum absolute atomic E-state index is 12.3. The molecule has 0 unspecified atom stereocenters. The van der Waals surface area contributed by atoms with Gasteiger partial charge in [0.15, 0.2) is 6.61 Å². The number of nitrogens with zero attached hydrogens (tertiary/aromatic N) is 2. The van der Waals surface area contributed by atoms with Crippen LogP contribution in [-0.4, -0.2) is 29.4 Å². The van der Waals surface area contributed by atoms with E-state index in [1.165, 1.54) is 17.0 Å². The Labute approximate surface area is 148 Å². The highest BCUT2D eigenvalue weighted by Crippen LogP contribution is 2.23. The Hall–Kier alpha value is -2.41. The minimum absolute atomic E-state index is 0.00517. The van der Waals surface area contributed by atoms with Gasteiger partial charge in [-0.15, -0.1) is 0 Å². The number of carbonyl (C=O) groups excluding carboxylic acids is 1. The van der Waals surface area contributed by atoms with Crippen LogP contribution in [0.25, 0.3) is 0 Å². The van der Waals surface area contributed by atoms with Crippen molar-refractivity contribution in [2.24, 2.45) is 0 Å². The summed E-state index contributed by atoms with van der Waals surface area (Å²) >= 11 is 3.34. The second kappa shape index (κ2) is 7.92. The van der Waals surface area contributed by atoms with Crippen LogP contribution in [0.1, 0.15) is 18.5 Å². The molecule has 7 heteroatoms. The standard InChI is InChI=1S/C17H17BrN2O4/c1-12(13-5-3-7-15(9-13)20(22)23)19(2)17(21)11-24-16-8-4-6-14(18)10-16/h3-10,12H,11H2,1-2H3/t12-/m0/s1. The highest BCUT2D eigenvalue weighted by Gasteiger charge is 2.19. The summed E-state index contributed by atoms with van der Waals surface area (Å²) in [5.41, 5.74) is 0.702. The minimum Gasteiger partial charge on any atom is -0.484 e. The number of likely N-dealkylation sites (N-methyl/N-ethyl adjacent to an activating group) is 1. The van der Waals surface area contributed by atoms with Gasteiger partial charge in [0.1, 0.15) is 5.75 Å². The molecule has 0 spiro atoms. The predicted octanol–water partition coefficient (Wildman–Crippen LogP) is 3.96. The molecule has 0 saturated heterocycles. The van der Waals surface area contributed by atoms with Crippen LogP contribution in [-0.2, 0) is 4.79 Å². The van der Waals surface area contributed by atoms with E-state index in [-0.39, 0.29) is 24.2 Å². The Kier molecular flexibility index (Phi) is 5.92. The van der Waals surface area contributed by atoms with Crippen LogP contribution < -0.4 is 4.74 Å². The summed E-state index contributed by atoms with van der Waals surface area (Å²) in [6.07, 6.45) is 0. The molecule has 0 heterocycles. The molecule has 2 aromatic rings. The first-order valence-electron chi connectivity index (χ1n) is 7.27. The zero-order valence-electron chi connectivity index (χ0n) is 13.3. The average Bonchev–Trinajstić information content (AvgIpc) is 2.58. The number of carbonyl (C=O) groups is 1. The van der Waals surface area contributed by atoms with E-state index in [1.807, 2.05) is 19.1 Å². The lowest BCUT2D eigenvalue weighted by Crippen LogP contribution is -2.33. The van der Waals surface area contributed by atoms with E-state index in [4.69, 9.17) is 4.74 Å². The van der Waals surface area contributed by atoms with Gasteiger partial charge in [-0.2, -0.15) is 0 Å². The van der Waals surface area contributed by atoms with E-state index < -0.39 is 4.92 Å². The molecule has 24 heavy (non-hydrogen) atoms. The first-order valence-corrected chi connectivity index (χ1v) is 8.06. The van der Waals surface area contributed by atoms with Crippen molar-refractivity contribution in [3.8, 4) is 5.75 Å². The number of hydrogen-bond acceptors (Lipinski definition) is 4. The van der Waals surface area contributed by atoms with Crippen molar-refractivity contribution >= 4 is 27.5 Å². The first-order chi connectivity index (χ1) is 11.4. The van der Waals surface area contributed by atoms with Crippen LogP contribution in [0.3, 0.4) is 0 Å². The summed E-state index contributed by atoms with van der Waals surface area (Å²) in [6, 6.07) is 13.2. The van der Waals surface area contributed by atoms with E-state index >= 15 is 0 Å². The van der Waals surface area contributed by atoms with Crippen LogP contribution in [0.5, 0.6) is 5.75 Å². The van der Waals surface area contributed by atoms with Gasteiger partial charge in [-0.1, -0.05) is 34.1 Å². The summed E-state index contributed by atoms with van der Waals surface area (Å²) in [5, 5.41) is 10.9. The van der Waals surface area contributed by atoms with Crippen molar-refractivity contribution in [1.29, 1.82) is 0 Å². The lowest BCUT2D eigenvalue weighted by molar-refractivity contribution is -0.384. The summed E-state index contributed by atoms with van der Waals surface area (Å²) < 4.78 is 6.35. The van der Waals surface area contributed by atoms with Gasteiger partial charge in [0.05, 0.1) is 11.0 Å². The van der Waals surface area contributed by atoms with Crippen LogP contribution in [0.4, 0.5) is 5.69 Å². The number of halogens is 1. The van der Waals surface area contributed by atoms with Gasteiger partial charge in [-0.05, 0) is 30.7 Å². The van der Waals surface area contributed by atoms with Gasteiger partial charge < -0.3 is 9.64 Å². The third kappa shape index (κ3) is 4.55. The predicted molar refractivity (Wildman–Crippen MR) is 93.9 cm³/mol. The maximum atomic E-state index is 12.3. The average molecular weight is 393 g/mol. The molecule has 1 amide bonds. The molecule has 0 aliphatic rings. The number of nitro groups is 1. The molecule has 126 valence electrons. The summed E-state index contributed by atoms with van der Waals surface area (Å²) in [7, 11) is 1.65. The molecule has 2 aromatic carbocycles. The topological polar surface area (TPSA) is 72.7 Å². The van der Waals surface area contributed by atoms with E-state index in [0.717, 1.165) is 4.47 Å². The summed E-state index contributed by atoms with van der Waals surface area (Å²) in [6.45, 7) is 1.71. The highest BCUT2D eigenvalue weighted by atomic mass is 79.9. The summed E-state index contributed by atoms with van der Waals surface area (Å²) in [4.78, 5) is 24.2. The van der Waals surface area contributed by atoms with Crippen molar-refractivity contribution in [2.45, 2.75) is 13.0 Å². The second-order valence-electron chi connectivity index (χ2n) is 5.28. The molecule has 0 N–H and O–H groups in total. The number of benzene rings is 2. The van der Waals surface area contributed by atoms with E-state index in [9.17, 15) is 14.9 Å². The van der Waals surface area contributed by atoms with Crippen LogP contribution >= 0.6 is 15.9 Å². The van der Waals surface area contributed by atoms with Gasteiger partial charge in [-0.25, -0.2) is 0 Å². The third-order valence-electron chi connectivity index (χ3n) is 3.70. The number of nitro benzene ring substituents is 1. The van der Waals surface area contributed by atoms with E-state index in [2.05, 4.69) is 15.9 Å². The Bertz CT molecular complexity index is 751. The van der Waals surface area contributed by atoms with Gasteiger partial charge in [0, 0.05) is 23.7 Å². The molecule has 1 atom stereocenters. The van der Waals surface area contributed by atoms with Crippen LogP contribution in [0.15, 0.2) is 53.0 Å². The third-order valence-corrected chi connectivity index (χ3v) is 4.19. The Balaban J connectivity index is 2.01. The monoisotopic (exact) mass is 392 g/mol. The van der Waals surface area contributed by atoms with Crippen molar-refractivity contribution < 1.29 is 14.5 Å². The highest BCUT2D eigenvalue weighted by molar-refractivity contribution is 9.10. The quantitative estimate of drug-likeness (QED) is 0.550. The van der Waals surface area contributed by atoms with Gasteiger partial charge in [-0.3, -0.25) is 14.9 Å². The van der Waals surface area contributed by atoms with Crippen molar-refractivity contribution in [3.63, 3.8) is 0 Å². The lowest BCUT2D eigenvalue weighted by Gasteiger charge is -2.25. The van der Waals surface area contributed by atoms with Crippen molar-refractivity contribution in [3.05, 3.63) is 68.7 Å². The SMILES string of the molecule is C[C@@H](c1cccc([N+](=O)[O-])c1)N(C)C(=O)COc1cccc(Br)c1. The molecule has 2 rings (SSSR count). The molecule has 0 aliphatic carbocycles. The number of ether oxygens (including phenoxy) is 1. The number of hydrogen-bond donors (Lipinski definition) is 0. The molecule has 0 aliphatic heterocycles. The largest absolute Gasteiger partial charge is 0.484 e. The molecule has 0 fully saturated rings. The molecule has 0 radical (unpaired) electrons. The zero-order valence-corrected chi connectivity index (χ0v) is 14.9. The molecule has 0 saturated carbocycles. The number of amides is 1. The lowest BCUT2D eigenvalue weighted by atomic mass is 10.1. The van der Waals surface area contributed by atoms with Crippen LogP contribution in [0.2, 0.25) is 0 Å². The minimum atomic E-state index is -0.450. The van der Waals surface area contributed by atoms with E-state index in [0.29, 0.717) is 11.3 Å². The smallest absolute Gasteiger partial charge is 0.269 e. The Morgan fingerprint density at radius 1 is 1.29 bits per heavy atom. The number of rotatable bonds is 6. The fraction of sp³-hybridized carbons (Fsp3) is 0.235. The molecule has 0 bridgehead atoms. The van der Waals surface area contributed by atoms with Gasteiger partial charge >= 0.3 is 0 Å². The van der Waals surface area contributed by atoms with Crippen molar-refractivity contribution in [2.75, 3.05) is 13.7 Å². The van der Waals surface area contributed by atoms with Crippen LogP contribution in [0, 0.1) is 10.1 Å². The van der Waals surface area contributed by atoms with Gasteiger partial charge in [0.2, 0.25) is 0 Å².